The van der Waals surface area contributed by atoms with Crippen LogP contribution in [0.25, 0.3) is 0 Å². The van der Waals surface area contributed by atoms with Gasteiger partial charge in [0.15, 0.2) is 0 Å². The maximum Gasteiger partial charge on any atom is 0.325 e. The Labute approximate surface area is 179 Å². The van der Waals surface area contributed by atoms with Crippen LogP contribution in [0, 0.1) is 6.92 Å². The Bertz CT molecular complexity index is 1070. The Hall–Kier alpha value is -3.88. The number of nitrogens with one attached hydrogen (secondary N) is 3. The van der Waals surface area contributed by atoms with Gasteiger partial charge < -0.3 is 20.7 Å². The van der Waals surface area contributed by atoms with Crippen molar-refractivity contribution in [1.82, 2.24) is 10.2 Å². The van der Waals surface area contributed by atoms with E-state index in [0.29, 0.717) is 22.7 Å². The van der Waals surface area contributed by atoms with Crippen LogP contribution in [0.1, 0.15) is 25.0 Å². The number of anilines is 2. The quantitative estimate of drug-likeness (QED) is 0.616. The third-order valence-corrected chi connectivity index (χ3v) is 5.05. The van der Waals surface area contributed by atoms with Crippen LogP contribution in [0.4, 0.5) is 16.2 Å². The first-order valence-corrected chi connectivity index (χ1v) is 9.61. The largest absolute Gasteiger partial charge is 0.495 e. The van der Waals surface area contributed by atoms with Crippen molar-refractivity contribution in [2.75, 3.05) is 24.3 Å². The molecule has 2 aromatic carbocycles. The smallest absolute Gasteiger partial charge is 0.325 e. The van der Waals surface area contributed by atoms with Crippen molar-refractivity contribution < 1.29 is 23.9 Å². The van der Waals surface area contributed by atoms with Crippen LogP contribution in [0.3, 0.4) is 0 Å². The lowest BCUT2D eigenvalue weighted by Gasteiger charge is -2.24. The summed E-state index contributed by atoms with van der Waals surface area (Å²) >= 11 is 0. The Kier molecular flexibility index (Phi) is 5.96. The lowest BCUT2D eigenvalue weighted by atomic mass is 9.88. The number of urea groups is 1. The molecule has 1 saturated heterocycles. The molecular weight excluding hydrogens is 400 g/mol. The summed E-state index contributed by atoms with van der Waals surface area (Å²) in [4.78, 5) is 50.4. The average molecular weight is 424 g/mol. The van der Waals surface area contributed by atoms with Gasteiger partial charge in [0.25, 0.3) is 5.91 Å². The van der Waals surface area contributed by atoms with E-state index in [1.807, 2.05) is 19.1 Å². The van der Waals surface area contributed by atoms with E-state index < -0.39 is 29.9 Å². The number of imide groups is 1. The molecule has 1 aliphatic rings. The average Bonchev–Trinajstić information content (AvgIpc) is 2.92. The topological polar surface area (TPSA) is 117 Å². The van der Waals surface area contributed by atoms with E-state index in [2.05, 4.69) is 16.0 Å². The highest BCUT2D eigenvalue weighted by Gasteiger charge is 2.50. The third-order valence-electron chi connectivity index (χ3n) is 5.05. The van der Waals surface area contributed by atoms with Crippen molar-refractivity contribution in [3.63, 3.8) is 0 Å². The van der Waals surface area contributed by atoms with E-state index in [0.717, 1.165) is 10.5 Å². The molecule has 1 fully saturated rings. The number of rotatable bonds is 6. The van der Waals surface area contributed by atoms with Gasteiger partial charge >= 0.3 is 6.03 Å². The Morgan fingerprint density at radius 3 is 2.48 bits per heavy atom. The number of ether oxygens (including phenoxy) is 1. The molecule has 1 unspecified atom stereocenters. The molecular formula is C22H24N4O5. The van der Waals surface area contributed by atoms with Gasteiger partial charge in [0.05, 0.1) is 12.8 Å². The minimum Gasteiger partial charge on any atom is -0.495 e. The fourth-order valence-electron chi connectivity index (χ4n) is 3.58. The number of benzene rings is 2. The first-order chi connectivity index (χ1) is 14.7. The first-order valence-electron chi connectivity index (χ1n) is 9.61. The zero-order valence-electron chi connectivity index (χ0n) is 17.7. The molecule has 5 amide bonds. The molecule has 9 heteroatoms. The maximum atomic E-state index is 13.1. The van der Waals surface area contributed by atoms with Crippen LogP contribution < -0.4 is 20.7 Å². The number of amides is 5. The molecule has 0 bridgehead atoms. The molecule has 1 heterocycles. The van der Waals surface area contributed by atoms with Crippen molar-refractivity contribution in [3.05, 3.63) is 53.6 Å². The normalized spacial score (nSPS) is 17.9. The van der Waals surface area contributed by atoms with Gasteiger partial charge in [0.1, 0.15) is 17.8 Å². The van der Waals surface area contributed by atoms with Crippen molar-refractivity contribution in [1.29, 1.82) is 0 Å². The van der Waals surface area contributed by atoms with Crippen molar-refractivity contribution in [3.8, 4) is 5.75 Å². The molecule has 1 atom stereocenters. The number of aryl methyl sites for hydroxylation is 1. The van der Waals surface area contributed by atoms with Crippen LogP contribution >= 0.6 is 0 Å². The molecule has 31 heavy (non-hydrogen) atoms. The summed E-state index contributed by atoms with van der Waals surface area (Å²) in [5.74, 6) is -1.00. The molecule has 9 nitrogen and oxygen atoms in total. The van der Waals surface area contributed by atoms with Gasteiger partial charge in [-0.05, 0) is 43.2 Å². The first kappa shape index (κ1) is 21.8. The number of hydrogen-bond acceptors (Lipinski definition) is 5. The van der Waals surface area contributed by atoms with Crippen molar-refractivity contribution >= 4 is 35.1 Å². The summed E-state index contributed by atoms with van der Waals surface area (Å²) in [6.07, 6.45) is 0. The molecule has 3 N–H and O–H groups in total. The summed E-state index contributed by atoms with van der Waals surface area (Å²) in [6.45, 7) is 4.36. The monoisotopic (exact) mass is 424 g/mol. The van der Waals surface area contributed by atoms with Gasteiger partial charge in [-0.1, -0.05) is 24.3 Å². The van der Waals surface area contributed by atoms with Crippen LogP contribution in [-0.2, 0) is 19.9 Å². The molecule has 3 rings (SSSR count). The molecule has 2 aromatic rings. The van der Waals surface area contributed by atoms with Crippen LogP contribution in [0.5, 0.6) is 5.75 Å². The lowest BCUT2D eigenvalue weighted by molar-refractivity contribution is -0.133. The van der Waals surface area contributed by atoms with Gasteiger partial charge in [0, 0.05) is 12.6 Å². The molecule has 0 spiro atoms. The maximum absolute atomic E-state index is 13.1. The Balaban J connectivity index is 1.78. The second kappa shape index (κ2) is 8.47. The number of nitrogens with zero attached hydrogens (tertiary/aromatic N) is 1. The van der Waals surface area contributed by atoms with E-state index in [1.54, 1.807) is 31.2 Å². The van der Waals surface area contributed by atoms with Crippen LogP contribution in [-0.4, -0.2) is 42.3 Å². The third kappa shape index (κ3) is 4.35. The SMILES string of the molecule is COc1ccc(NC(C)=O)cc1NC(=O)CN1C(=O)NC(C)(c2ccccc2C)C1=O. The number of hydrogen-bond donors (Lipinski definition) is 3. The van der Waals surface area contributed by atoms with Gasteiger partial charge in [-0.3, -0.25) is 19.3 Å². The van der Waals surface area contributed by atoms with Crippen LogP contribution in [0.2, 0.25) is 0 Å². The lowest BCUT2D eigenvalue weighted by Crippen LogP contribution is -2.42. The zero-order chi connectivity index (χ0) is 22.8. The second-order valence-corrected chi connectivity index (χ2v) is 7.41. The fraction of sp³-hybridized carbons (Fsp3) is 0.273. The number of carbonyl (C=O) groups excluding carboxylic acids is 4. The summed E-state index contributed by atoms with van der Waals surface area (Å²) in [5, 5.41) is 7.94. The fourth-order valence-corrected chi connectivity index (χ4v) is 3.58. The Morgan fingerprint density at radius 1 is 1.13 bits per heavy atom. The van der Waals surface area contributed by atoms with Gasteiger partial charge in [-0.2, -0.15) is 0 Å². The molecule has 0 saturated carbocycles. The molecule has 0 aromatic heterocycles. The van der Waals surface area contributed by atoms with Crippen molar-refractivity contribution in [2.24, 2.45) is 0 Å². The van der Waals surface area contributed by atoms with Crippen molar-refractivity contribution in [2.45, 2.75) is 26.3 Å². The van der Waals surface area contributed by atoms with Gasteiger partial charge in [0.2, 0.25) is 11.8 Å². The van der Waals surface area contributed by atoms with Crippen LogP contribution in [0.15, 0.2) is 42.5 Å². The van der Waals surface area contributed by atoms with E-state index in [4.69, 9.17) is 4.74 Å². The minimum atomic E-state index is -1.26. The zero-order valence-corrected chi connectivity index (χ0v) is 17.7. The minimum absolute atomic E-state index is 0.266. The summed E-state index contributed by atoms with van der Waals surface area (Å²) in [5.41, 5.74) is 1.02. The standard InChI is InChI=1S/C22H24N4O5/c1-13-7-5-6-8-16(13)22(3)20(29)26(21(30)25-22)12-19(28)24-17-11-15(23-14(2)27)9-10-18(17)31-4/h5-11H,12H2,1-4H3,(H,23,27)(H,24,28)(H,25,30). The van der Waals surface area contributed by atoms with E-state index >= 15 is 0 Å². The highest BCUT2D eigenvalue weighted by atomic mass is 16.5. The van der Waals surface area contributed by atoms with Gasteiger partial charge in [-0.25, -0.2) is 4.79 Å². The summed E-state index contributed by atoms with van der Waals surface area (Å²) < 4.78 is 5.24. The second-order valence-electron chi connectivity index (χ2n) is 7.41. The van der Waals surface area contributed by atoms with E-state index in [-0.39, 0.29) is 5.91 Å². The van der Waals surface area contributed by atoms with Gasteiger partial charge in [-0.15, -0.1) is 0 Å². The molecule has 1 aliphatic heterocycles. The molecule has 0 radical (unpaired) electrons. The predicted molar refractivity (Wildman–Crippen MR) is 115 cm³/mol. The summed E-state index contributed by atoms with van der Waals surface area (Å²) in [7, 11) is 1.44. The van der Waals surface area contributed by atoms with E-state index in [9.17, 15) is 19.2 Å². The number of methoxy groups -OCH3 is 1. The molecule has 162 valence electrons. The highest BCUT2D eigenvalue weighted by molar-refractivity contribution is 6.10. The highest BCUT2D eigenvalue weighted by Crippen LogP contribution is 2.31. The summed E-state index contributed by atoms with van der Waals surface area (Å²) in [6, 6.07) is 11.4. The van der Waals surface area contributed by atoms with E-state index in [1.165, 1.54) is 20.1 Å². The molecule has 0 aliphatic carbocycles. The predicted octanol–water partition coefficient (Wildman–Crippen LogP) is 2.37. The Morgan fingerprint density at radius 2 is 1.84 bits per heavy atom. The number of carbonyl (C=O) groups is 4.